The zero-order valence-corrected chi connectivity index (χ0v) is 17.7. The molecule has 9 nitrogen and oxygen atoms in total. The lowest BCUT2D eigenvalue weighted by Crippen LogP contribution is -2.21. The fraction of sp³-hybridized carbons (Fsp3) is 0.0476. The molecule has 0 radical (unpaired) electrons. The topological polar surface area (TPSA) is 103 Å². The maximum absolute atomic E-state index is 14.1. The molecular formula is C21H12ClF3N8O. The number of anilines is 1. The summed E-state index contributed by atoms with van der Waals surface area (Å²) >= 11 is 6.18. The molecule has 0 fully saturated rings. The maximum Gasteiger partial charge on any atom is 0.434 e. The van der Waals surface area contributed by atoms with Crippen molar-refractivity contribution in [3.8, 4) is 11.5 Å². The number of halogens is 4. The lowest BCUT2D eigenvalue weighted by molar-refractivity contribution is -0.143. The van der Waals surface area contributed by atoms with E-state index in [1.165, 1.54) is 47.9 Å². The molecule has 0 aliphatic rings. The summed E-state index contributed by atoms with van der Waals surface area (Å²) in [6.07, 6.45) is 3.09. The van der Waals surface area contributed by atoms with Crippen LogP contribution in [0.2, 0.25) is 5.02 Å². The molecule has 0 saturated carbocycles. The van der Waals surface area contributed by atoms with Crippen molar-refractivity contribution in [3.63, 3.8) is 0 Å². The predicted molar refractivity (Wildman–Crippen MR) is 116 cm³/mol. The van der Waals surface area contributed by atoms with Gasteiger partial charge in [0.1, 0.15) is 0 Å². The quantitative estimate of drug-likeness (QED) is 0.407. The molecule has 1 amide bonds. The maximum atomic E-state index is 14.1. The van der Waals surface area contributed by atoms with E-state index in [1.807, 2.05) is 0 Å². The smallest absolute Gasteiger partial charge is 0.320 e. The number of pyridine rings is 2. The normalized spacial score (nSPS) is 11.6. The van der Waals surface area contributed by atoms with Crippen LogP contribution in [0.5, 0.6) is 0 Å². The number of nitrogens with zero attached hydrogens (tertiary/aromatic N) is 7. The van der Waals surface area contributed by atoms with Crippen LogP contribution in [0.15, 0.2) is 67.5 Å². The van der Waals surface area contributed by atoms with Gasteiger partial charge in [0.15, 0.2) is 11.5 Å². The molecule has 0 saturated heterocycles. The number of nitrogens with one attached hydrogen (secondary N) is 1. The van der Waals surface area contributed by atoms with Crippen molar-refractivity contribution >= 4 is 34.0 Å². The van der Waals surface area contributed by atoms with E-state index in [9.17, 15) is 18.0 Å². The minimum Gasteiger partial charge on any atom is -0.320 e. The Hall–Kier alpha value is -4.32. The minimum atomic E-state index is -4.87. The lowest BCUT2D eigenvalue weighted by atomic mass is 10.1. The highest BCUT2D eigenvalue weighted by Gasteiger charge is 2.41. The fourth-order valence-electron chi connectivity index (χ4n) is 3.43. The molecule has 4 aromatic heterocycles. The Kier molecular flexibility index (Phi) is 5.21. The minimum absolute atomic E-state index is 0.0861. The monoisotopic (exact) mass is 484 g/mol. The Balaban J connectivity index is 1.53. The highest BCUT2D eigenvalue weighted by molar-refractivity contribution is 6.32. The second-order valence-corrected chi connectivity index (χ2v) is 7.40. The van der Waals surface area contributed by atoms with E-state index in [4.69, 9.17) is 11.6 Å². The van der Waals surface area contributed by atoms with Gasteiger partial charge in [-0.05, 0) is 18.2 Å². The third kappa shape index (κ3) is 3.83. The standard InChI is InChI=1S/C21H12ClF3N8O/c22-16-8-13(10-27-19(16)33-28-6-7-29-33)31-20(34)15-11-30-32(18(15)21(23,24)25)17-3-1-2-12-9-26-5-4-14(12)17/h1-11H,(H,31,34). The number of hydrogen-bond acceptors (Lipinski definition) is 6. The summed E-state index contributed by atoms with van der Waals surface area (Å²) in [6.45, 7) is 0. The van der Waals surface area contributed by atoms with Crippen molar-refractivity contribution in [3.05, 3.63) is 83.8 Å². The molecule has 1 aromatic carbocycles. The average Bonchev–Trinajstić information content (AvgIpc) is 3.49. The lowest BCUT2D eigenvalue weighted by Gasteiger charge is -2.14. The Labute approximate surface area is 193 Å². The summed E-state index contributed by atoms with van der Waals surface area (Å²) < 4.78 is 43.0. The molecule has 0 aliphatic carbocycles. The van der Waals surface area contributed by atoms with Crippen molar-refractivity contribution in [2.45, 2.75) is 6.18 Å². The van der Waals surface area contributed by atoms with Gasteiger partial charge in [0, 0.05) is 23.2 Å². The van der Waals surface area contributed by atoms with Gasteiger partial charge in [0.2, 0.25) is 0 Å². The highest BCUT2D eigenvalue weighted by Crippen LogP contribution is 2.35. The first-order valence-corrected chi connectivity index (χ1v) is 10.0. The van der Waals surface area contributed by atoms with Crippen LogP contribution in [0, 0.1) is 0 Å². The number of hydrogen-bond donors (Lipinski definition) is 1. The van der Waals surface area contributed by atoms with Crippen LogP contribution in [-0.2, 0) is 6.18 Å². The van der Waals surface area contributed by atoms with Gasteiger partial charge >= 0.3 is 6.18 Å². The SMILES string of the molecule is O=C(Nc1cnc(-n2nccn2)c(Cl)c1)c1cnn(-c2cccc3cnccc23)c1C(F)(F)F. The first-order valence-electron chi connectivity index (χ1n) is 9.65. The van der Waals surface area contributed by atoms with Gasteiger partial charge in [0.25, 0.3) is 5.91 Å². The number of aromatic nitrogens is 7. The van der Waals surface area contributed by atoms with Crippen molar-refractivity contribution in [2.75, 3.05) is 5.32 Å². The Morgan fingerprint density at radius 1 is 1.00 bits per heavy atom. The first-order chi connectivity index (χ1) is 16.3. The van der Waals surface area contributed by atoms with E-state index in [0.29, 0.717) is 15.5 Å². The van der Waals surface area contributed by atoms with Crippen LogP contribution < -0.4 is 5.32 Å². The van der Waals surface area contributed by atoms with Crippen LogP contribution in [-0.4, -0.2) is 40.6 Å². The second-order valence-electron chi connectivity index (χ2n) is 6.99. The van der Waals surface area contributed by atoms with Crippen LogP contribution in [0.1, 0.15) is 16.1 Å². The molecule has 0 spiro atoms. The van der Waals surface area contributed by atoms with Crippen LogP contribution >= 0.6 is 11.6 Å². The molecule has 0 unspecified atom stereocenters. The Bertz CT molecular complexity index is 1510. The summed E-state index contributed by atoms with van der Waals surface area (Å²) in [7, 11) is 0. The third-order valence-electron chi connectivity index (χ3n) is 4.86. The average molecular weight is 485 g/mol. The van der Waals surface area contributed by atoms with E-state index in [-0.39, 0.29) is 22.2 Å². The number of carbonyl (C=O) groups excluding carboxylic acids is 1. The Morgan fingerprint density at radius 3 is 2.53 bits per heavy atom. The number of carbonyl (C=O) groups is 1. The van der Waals surface area contributed by atoms with Gasteiger partial charge in [-0.1, -0.05) is 23.7 Å². The summed E-state index contributed by atoms with van der Waals surface area (Å²) in [5.74, 6) is -0.831. The van der Waals surface area contributed by atoms with Crippen molar-refractivity contribution in [1.29, 1.82) is 0 Å². The fourth-order valence-corrected chi connectivity index (χ4v) is 3.67. The van der Waals surface area contributed by atoms with Gasteiger partial charge in [0.05, 0.1) is 46.7 Å². The first kappa shape index (κ1) is 21.5. The molecule has 1 N–H and O–H groups in total. The molecule has 0 atom stereocenters. The van der Waals surface area contributed by atoms with Gasteiger partial charge in [-0.3, -0.25) is 9.78 Å². The molecule has 13 heteroatoms. The van der Waals surface area contributed by atoms with E-state index >= 15 is 0 Å². The van der Waals surface area contributed by atoms with Crippen LogP contribution in [0.25, 0.3) is 22.3 Å². The molecule has 5 rings (SSSR count). The number of fused-ring (bicyclic) bond motifs is 1. The number of rotatable bonds is 4. The molecule has 5 aromatic rings. The second kappa shape index (κ2) is 8.23. The number of benzene rings is 1. The molecule has 170 valence electrons. The molecular weight excluding hydrogens is 473 g/mol. The van der Waals surface area contributed by atoms with Crippen LogP contribution in [0.3, 0.4) is 0 Å². The zero-order valence-electron chi connectivity index (χ0n) is 16.9. The number of alkyl halides is 3. The van der Waals surface area contributed by atoms with Gasteiger partial charge < -0.3 is 5.32 Å². The molecule has 4 heterocycles. The summed E-state index contributed by atoms with van der Waals surface area (Å²) in [5, 5.41) is 15.3. The van der Waals surface area contributed by atoms with Gasteiger partial charge in [-0.2, -0.15) is 28.5 Å². The third-order valence-corrected chi connectivity index (χ3v) is 5.13. The highest BCUT2D eigenvalue weighted by atomic mass is 35.5. The summed E-state index contributed by atoms with van der Waals surface area (Å²) in [6, 6.07) is 7.70. The summed E-state index contributed by atoms with van der Waals surface area (Å²) in [5.41, 5.74) is -1.63. The Morgan fingerprint density at radius 2 is 1.79 bits per heavy atom. The van der Waals surface area contributed by atoms with Crippen molar-refractivity contribution in [1.82, 2.24) is 34.7 Å². The summed E-state index contributed by atoms with van der Waals surface area (Å²) in [4.78, 5) is 22.1. The van der Waals surface area contributed by atoms with Crippen molar-refractivity contribution in [2.24, 2.45) is 0 Å². The number of amides is 1. The van der Waals surface area contributed by atoms with Crippen molar-refractivity contribution < 1.29 is 18.0 Å². The largest absolute Gasteiger partial charge is 0.434 e. The molecule has 34 heavy (non-hydrogen) atoms. The van der Waals surface area contributed by atoms with E-state index < -0.39 is 23.3 Å². The van der Waals surface area contributed by atoms with E-state index in [2.05, 4.69) is 30.6 Å². The van der Waals surface area contributed by atoms with E-state index in [1.54, 1.807) is 18.2 Å². The molecule has 0 aliphatic heterocycles. The van der Waals surface area contributed by atoms with Gasteiger partial charge in [-0.15, -0.1) is 4.80 Å². The zero-order chi connectivity index (χ0) is 23.9. The van der Waals surface area contributed by atoms with Gasteiger partial charge in [-0.25, -0.2) is 9.67 Å². The van der Waals surface area contributed by atoms with E-state index in [0.717, 1.165) is 6.20 Å². The van der Waals surface area contributed by atoms with Crippen LogP contribution in [0.4, 0.5) is 18.9 Å². The molecule has 0 bridgehead atoms. The predicted octanol–water partition coefficient (Wildman–Crippen LogP) is 4.32.